The molecule has 0 unspecified atom stereocenters. The number of hydrogen-bond donors (Lipinski definition) is 2. The molecule has 0 radical (unpaired) electrons. The first-order chi connectivity index (χ1) is 15.7. The second-order valence-electron chi connectivity index (χ2n) is 8.88. The SMILES string of the molecule is O=C(CN(Cc1ccc(C(=O)NC2CC2)cc1)Cc1ccco1)NCCC1=CCCCC1. The average Bonchev–Trinajstić information content (AvgIpc) is 3.46. The maximum Gasteiger partial charge on any atom is 0.251 e. The smallest absolute Gasteiger partial charge is 0.251 e. The summed E-state index contributed by atoms with van der Waals surface area (Å²) in [6, 6.07) is 11.8. The number of hydrogen-bond acceptors (Lipinski definition) is 4. The van der Waals surface area contributed by atoms with Crippen molar-refractivity contribution in [2.75, 3.05) is 13.1 Å². The van der Waals surface area contributed by atoms with E-state index in [4.69, 9.17) is 4.42 Å². The van der Waals surface area contributed by atoms with Crippen molar-refractivity contribution in [3.05, 3.63) is 71.2 Å². The monoisotopic (exact) mass is 435 g/mol. The lowest BCUT2D eigenvalue weighted by atomic mass is 9.97. The second-order valence-corrected chi connectivity index (χ2v) is 8.88. The van der Waals surface area contributed by atoms with E-state index in [1.807, 2.05) is 36.4 Å². The van der Waals surface area contributed by atoms with Gasteiger partial charge in [-0.1, -0.05) is 23.8 Å². The molecular weight excluding hydrogens is 402 g/mol. The van der Waals surface area contributed by atoms with E-state index in [1.165, 1.54) is 24.8 Å². The number of benzene rings is 1. The van der Waals surface area contributed by atoms with Crippen molar-refractivity contribution in [3.8, 4) is 0 Å². The molecule has 0 bridgehead atoms. The fourth-order valence-electron chi connectivity index (χ4n) is 4.06. The van der Waals surface area contributed by atoms with Gasteiger partial charge in [-0.15, -0.1) is 0 Å². The highest BCUT2D eigenvalue weighted by atomic mass is 16.3. The minimum atomic E-state index is -0.0149. The lowest BCUT2D eigenvalue weighted by Gasteiger charge is -2.21. The molecule has 0 saturated heterocycles. The van der Waals surface area contributed by atoms with Crippen LogP contribution in [0.4, 0.5) is 0 Å². The predicted octanol–water partition coefficient (Wildman–Crippen LogP) is 4.18. The number of carbonyl (C=O) groups is 2. The van der Waals surface area contributed by atoms with E-state index in [0.29, 0.717) is 37.8 Å². The van der Waals surface area contributed by atoms with Gasteiger partial charge in [0.25, 0.3) is 5.91 Å². The highest BCUT2D eigenvalue weighted by Crippen LogP contribution is 2.20. The summed E-state index contributed by atoms with van der Waals surface area (Å²) < 4.78 is 5.50. The van der Waals surface area contributed by atoms with E-state index in [9.17, 15) is 9.59 Å². The van der Waals surface area contributed by atoms with Crippen LogP contribution in [-0.4, -0.2) is 35.8 Å². The summed E-state index contributed by atoms with van der Waals surface area (Å²) in [6.07, 6.45) is 11.9. The van der Waals surface area contributed by atoms with E-state index in [1.54, 1.807) is 6.26 Å². The Balaban J connectivity index is 1.30. The van der Waals surface area contributed by atoms with Crippen LogP contribution in [0.1, 0.15) is 66.6 Å². The van der Waals surface area contributed by atoms with Crippen molar-refractivity contribution in [1.82, 2.24) is 15.5 Å². The van der Waals surface area contributed by atoms with E-state index in [-0.39, 0.29) is 11.8 Å². The highest BCUT2D eigenvalue weighted by molar-refractivity contribution is 5.94. The molecule has 0 aliphatic heterocycles. The predicted molar refractivity (Wildman–Crippen MR) is 124 cm³/mol. The molecule has 2 aliphatic rings. The Morgan fingerprint density at radius 1 is 1.06 bits per heavy atom. The summed E-state index contributed by atoms with van der Waals surface area (Å²) in [5.74, 6) is 0.831. The summed E-state index contributed by atoms with van der Waals surface area (Å²) in [4.78, 5) is 26.9. The maximum absolute atomic E-state index is 12.6. The van der Waals surface area contributed by atoms with E-state index >= 15 is 0 Å². The summed E-state index contributed by atoms with van der Waals surface area (Å²) in [5, 5.41) is 6.08. The summed E-state index contributed by atoms with van der Waals surface area (Å²) in [6.45, 7) is 2.13. The van der Waals surface area contributed by atoms with Gasteiger partial charge in [-0.2, -0.15) is 0 Å². The first-order valence-electron chi connectivity index (χ1n) is 11.7. The standard InChI is InChI=1S/C26H33N3O3/c30-25(27-15-14-20-5-2-1-3-6-20)19-29(18-24-7-4-16-32-24)17-21-8-10-22(11-9-21)26(31)28-23-12-13-23/h4-5,7-11,16,23H,1-3,6,12-15,17-19H2,(H,27,30)(H,28,31). The third kappa shape index (κ3) is 7.09. The Labute approximate surface area is 190 Å². The molecule has 4 rings (SSSR count). The maximum atomic E-state index is 12.6. The number of nitrogens with zero attached hydrogens (tertiary/aromatic N) is 1. The fraction of sp³-hybridized carbons (Fsp3) is 0.462. The van der Waals surface area contributed by atoms with Gasteiger partial charge >= 0.3 is 0 Å². The lowest BCUT2D eigenvalue weighted by molar-refractivity contribution is -0.122. The topological polar surface area (TPSA) is 74.6 Å². The Morgan fingerprint density at radius 3 is 2.59 bits per heavy atom. The number of amides is 2. The molecule has 1 aromatic carbocycles. The zero-order valence-corrected chi connectivity index (χ0v) is 18.6. The molecule has 1 aromatic heterocycles. The quantitative estimate of drug-likeness (QED) is 0.519. The van der Waals surface area contributed by atoms with Gasteiger partial charge in [0.1, 0.15) is 5.76 Å². The van der Waals surface area contributed by atoms with E-state index in [2.05, 4.69) is 21.6 Å². The van der Waals surface area contributed by atoms with Gasteiger partial charge in [0, 0.05) is 24.7 Å². The molecule has 170 valence electrons. The molecule has 1 saturated carbocycles. The number of nitrogens with one attached hydrogen (secondary N) is 2. The van der Waals surface area contributed by atoms with Crippen LogP contribution in [0, 0.1) is 0 Å². The minimum absolute atomic E-state index is 0.0149. The Kier molecular flexibility index (Phi) is 7.77. The summed E-state index contributed by atoms with van der Waals surface area (Å²) >= 11 is 0. The van der Waals surface area contributed by atoms with Crippen LogP contribution in [0.5, 0.6) is 0 Å². The largest absolute Gasteiger partial charge is 0.468 e. The second kappa shape index (κ2) is 11.1. The third-order valence-corrected chi connectivity index (χ3v) is 6.01. The van der Waals surface area contributed by atoms with Crippen LogP contribution in [0.3, 0.4) is 0 Å². The fourth-order valence-corrected chi connectivity index (χ4v) is 4.06. The lowest BCUT2D eigenvalue weighted by Crippen LogP contribution is -2.37. The van der Waals surface area contributed by atoms with Crippen LogP contribution in [0.25, 0.3) is 0 Å². The zero-order valence-electron chi connectivity index (χ0n) is 18.6. The van der Waals surface area contributed by atoms with E-state index < -0.39 is 0 Å². The van der Waals surface area contributed by atoms with Crippen molar-refractivity contribution in [1.29, 1.82) is 0 Å². The number of carbonyl (C=O) groups excluding carboxylic acids is 2. The van der Waals surface area contributed by atoms with Gasteiger partial charge in [0.15, 0.2) is 0 Å². The molecule has 2 aliphatic carbocycles. The van der Waals surface area contributed by atoms with Crippen molar-refractivity contribution in [2.45, 2.75) is 64.1 Å². The van der Waals surface area contributed by atoms with Gasteiger partial charge in [-0.3, -0.25) is 14.5 Å². The van der Waals surface area contributed by atoms with Crippen LogP contribution < -0.4 is 10.6 Å². The van der Waals surface area contributed by atoms with E-state index in [0.717, 1.165) is 37.0 Å². The van der Waals surface area contributed by atoms with Crippen LogP contribution >= 0.6 is 0 Å². The zero-order chi connectivity index (χ0) is 22.2. The van der Waals surface area contributed by atoms with Crippen molar-refractivity contribution >= 4 is 11.8 Å². The molecule has 0 spiro atoms. The average molecular weight is 436 g/mol. The molecule has 1 fully saturated rings. The Hall–Kier alpha value is -2.86. The van der Waals surface area contributed by atoms with Gasteiger partial charge in [0.05, 0.1) is 19.4 Å². The van der Waals surface area contributed by atoms with Crippen LogP contribution in [0.15, 0.2) is 58.7 Å². The number of furan rings is 1. The minimum Gasteiger partial charge on any atom is -0.468 e. The van der Waals surface area contributed by atoms with Gasteiger partial charge < -0.3 is 15.1 Å². The van der Waals surface area contributed by atoms with Crippen molar-refractivity contribution in [2.24, 2.45) is 0 Å². The Bertz CT molecular complexity index is 914. The molecule has 2 N–H and O–H groups in total. The molecular formula is C26H33N3O3. The molecule has 2 aromatic rings. The normalized spacial score (nSPS) is 16.0. The van der Waals surface area contributed by atoms with Gasteiger partial charge in [0.2, 0.25) is 5.91 Å². The molecule has 32 heavy (non-hydrogen) atoms. The molecule has 1 heterocycles. The van der Waals surface area contributed by atoms with Gasteiger partial charge in [-0.05, 0) is 74.8 Å². The van der Waals surface area contributed by atoms with Crippen molar-refractivity contribution in [3.63, 3.8) is 0 Å². The molecule has 0 atom stereocenters. The third-order valence-electron chi connectivity index (χ3n) is 6.01. The summed E-state index contributed by atoms with van der Waals surface area (Å²) in [7, 11) is 0. The number of allylic oxidation sites excluding steroid dienone is 1. The van der Waals surface area contributed by atoms with Gasteiger partial charge in [-0.25, -0.2) is 0 Å². The van der Waals surface area contributed by atoms with Crippen molar-refractivity contribution < 1.29 is 14.0 Å². The molecule has 6 nitrogen and oxygen atoms in total. The highest BCUT2D eigenvalue weighted by Gasteiger charge is 2.23. The van der Waals surface area contributed by atoms with Crippen LogP contribution in [0.2, 0.25) is 0 Å². The first kappa shape index (κ1) is 22.3. The first-order valence-corrected chi connectivity index (χ1v) is 11.7. The number of rotatable bonds is 11. The Morgan fingerprint density at radius 2 is 1.91 bits per heavy atom. The molecule has 6 heteroatoms. The van der Waals surface area contributed by atoms with Crippen LogP contribution in [-0.2, 0) is 17.9 Å². The summed E-state index contributed by atoms with van der Waals surface area (Å²) in [5.41, 5.74) is 3.20. The molecule has 2 amide bonds.